The minimum Gasteiger partial charge on any atom is -0.481 e. The predicted molar refractivity (Wildman–Crippen MR) is 76.9 cm³/mol. The van der Waals surface area contributed by atoms with Crippen molar-refractivity contribution >= 4 is 11.7 Å². The van der Waals surface area contributed by atoms with Crippen molar-refractivity contribution in [3.63, 3.8) is 0 Å². The number of hydrogen-bond acceptors (Lipinski definition) is 2. The first kappa shape index (κ1) is 13.1. The molecule has 0 unspecified atom stereocenters. The van der Waals surface area contributed by atoms with Gasteiger partial charge in [0.05, 0.1) is 0 Å². The Hall–Kier alpha value is -2.29. The third kappa shape index (κ3) is 3.35. The van der Waals surface area contributed by atoms with Gasteiger partial charge in [0.15, 0.2) is 0 Å². The van der Waals surface area contributed by atoms with Crippen molar-refractivity contribution in [2.24, 2.45) is 0 Å². The highest BCUT2D eigenvalue weighted by atomic mass is 16.4. The Balaban J connectivity index is 2.26. The maximum Gasteiger partial charge on any atom is 0.303 e. The average Bonchev–Trinajstić information content (AvgIpc) is 2.40. The number of carboxylic acids is 1. The van der Waals surface area contributed by atoms with Crippen molar-refractivity contribution in [2.75, 3.05) is 5.73 Å². The lowest BCUT2D eigenvalue weighted by atomic mass is 9.95. The van der Waals surface area contributed by atoms with Crippen LogP contribution in [0.5, 0.6) is 0 Å². The fraction of sp³-hybridized carbons (Fsp3) is 0.188. The molecule has 0 aliphatic rings. The Morgan fingerprint density at radius 2 is 1.63 bits per heavy atom. The lowest BCUT2D eigenvalue weighted by molar-refractivity contribution is -0.137. The summed E-state index contributed by atoms with van der Waals surface area (Å²) in [6, 6.07) is 15.7. The van der Waals surface area contributed by atoms with Gasteiger partial charge in [-0.1, -0.05) is 42.5 Å². The standard InChI is InChI=1S/C16H17NO2/c17-15-10-4-3-9-14(15)13-8-2-1-6-12(13)7-5-11-16(18)19/h1-4,6,8-10H,5,7,11,17H2,(H,18,19). The number of para-hydroxylation sites is 1. The van der Waals surface area contributed by atoms with Gasteiger partial charge in [-0.3, -0.25) is 4.79 Å². The number of anilines is 1. The molecule has 2 aromatic carbocycles. The molecule has 0 spiro atoms. The van der Waals surface area contributed by atoms with Gasteiger partial charge in [0.2, 0.25) is 0 Å². The van der Waals surface area contributed by atoms with E-state index in [1.165, 1.54) is 0 Å². The summed E-state index contributed by atoms with van der Waals surface area (Å²) in [5.41, 5.74) is 9.99. The number of aliphatic carboxylic acids is 1. The van der Waals surface area contributed by atoms with Crippen molar-refractivity contribution in [3.8, 4) is 11.1 Å². The van der Waals surface area contributed by atoms with Crippen molar-refractivity contribution in [2.45, 2.75) is 19.3 Å². The van der Waals surface area contributed by atoms with Crippen LogP contribution in [0, 0.1) is 0 Å². The van der Waals surface area contributed by atoms with Gasteiger partial charge in [-0.25, -0.2) is 0 Å². The Morgan fingerprint density at radius 3 is 2.32 bits per heavy atom. The molecular formula is C16H17NO2. The quantitative estimate of drug-likeness (QED) is 0.805. The number of nitrogens with two attached hydrogens (primary N) is 1. The van der Waals surface area contributed by atoms with Crippen LogP contribution in [0.25, 0.3) is 11.1 Å². The van der Waals surface area contributed by atoms with E-state index in [0.29, 0.717) is 6.42 Å². The number of carbonyl (C=O) groups is 1. The molecule has 0 aromatic heterocycles. The summed E-state index contributed by atoms with van der Waals surface area (Å²) in [5, 5.41) is 8.70. The van der Waals surface area contributed by atoms with E-state index in [4.69, 9.17) is 10.8 Å². The highest BCUT2D eigenvalue weighted by molar-refractivity contribution is 5.78. The van der Waals surface area contributed by atoms with E-state index in [1.807, 2.05) is 48.5 Å². The third-order valence-corrected chi connectivity index (χ3v) is 3.11. The van der Waals surface area contributed by atoms with Crippen LogP contribution in [0.15, 0.2) is 48.5 Å². The molecule has 0 amide bonds. The SMILES string of the molecule is Nc1ccccc1-c1ccccc1CCCC(=O)O. The van der Waals surface area contributed by atoms with Gasteiger partial charge in [0, 0.05) is 17.7 Å². The highest BCUT2D eigenvalue weighted by Gasteiger charge is 2.07. The lowest BCUT2D eigenvalue weighted by Crippen LogP contribution is -1.98. The molecule has 3 heteroatoms. The molecule has 0 fully saturated rings. The summed E-state index contributed by atoms with van der Waals surface area (Å²) in [4.78, 5) is 10.6. The van der Waals surface area contributed by atoms with E-state index in [2.05, 4.69) is 0 Å². The topological polar surface area (TPSA) is 63.3 Å². The van der Waals surface area contributed by atoms with Crippen LogP contribution >= 0.6 is 0 Å². The summed E-state index contributed by atoms with van der Waals surface area (Å²) in [7, 11) is 0. The van der Waals surface area contributed by atoms with E-state index in [1.54, 1.807) is 0 Å². The molecule has 0 atom stereocenters. The molecule has 0 saturated carbocycles. The molecule has 0 saturated heterocycles. The van der Waals surface area contributed by atoms with Crippen LogP contribution in [-0.2, 0) is 11.2 Å². The highest BCUT2D eigenvalue weighted by Crippen LogP contribution is 2.29. The van der Waals surface area contributed by atoms with Gasteiger partial charge in [0.25, 0.3) is 0 Å². The van der Waals surface area contributed by atoms with Crippen LogP contribution in [-0.4, -0.2) is 11.1 Å². The van der Waals surface area contributed by atoms with Crippen LogP contribution in [0.3, 0.4) is 0 Å². The van der Waals surface area contributed by atoms with E-state index in [0.717, 1.165) is 28.8 Å². The number of benzene rings is 2. The summed E-state index contributed by atoms with van der Waals surface area (Å²) < 4.78 is 0. The number of hydrogen-bond donors (Lipinski definition) is 2. The first-order valence-corrected chi connectivity index (χ1v) is 6.33. The minimum absolute atomic E-state index is 0.193. The van der Waals surface area contributed by atoms with E-state index in [9.17, 15) is 4.79 Å². The zero-order chi connectivity index (χ0) is 13.7. The fourth-order valence-electron chi connectivity index (χ4n) is 2.17. The molecule has 3 nitrogen and oxygen atoms in total. The Labute approximate surface area is 112 Å². The molecule has 0 aliphatic heterocycles. The maximum atomic E-state index is 10.6. The smallest absolute Gasteiger partial charge is 0.303 e. The number of rotatable bonds is 5. The van der Waals surface area contributed by atoms with Crippen molar-refractivity contribution in [1.82, 2.24) is 0 Å². The maximum absolute atomic E-state index is 10.6. The molecule has 3 N–H and O–H groups in total. The second kappa shape index (κ2) is 6.05. The zero-order valence-electron chi connectivity index (χ0n) is 10.7. The van der Waals surface area contributed by atoms with Gasteiger partial charge in [-0.05, 0) is 30.0 Å². The zero-order valence-corrected chi connectivity index (χ0v) is 10.7. The molecule has 2 rings (SSSR count). The van der Waals surface area contributed by atoms with Crippen LogP contribution in [0.1, 0.15) is 18.4 Å². The number of aryl methyl sites for hydroxylation is 1. The van der Waals surface area contributed by atoms with Crippen molar-refractivity contribution in [3.05, 3.63) is 54.1 Å². The van der Waals surface area contributed by atoms with Crippen LogP contribution in [0.2, 0.25) is 0 Å². The van der Waals surface area contributed by atoms with E-state index < -0.39 is 5.97 Å². The predicted octanol–water partition coefficient (Wildman–Crippen LogP) is 3.34. The summed E-state index contributed by atoms with van der Waals surface area (Å²) in [6.07, 6.45) is 1.58. The van der Waals surface area contributed by atoms with Gasteiger partial charge >= 0.3 is 5.97 Å². The Bertz CT molecular complexity index is 578. The van der Waals surface area contributed by atoms with Crippen LogP contribution < -0.4 is 5.73 Å². The molecule has 0 heterocycles. The Morgan fingerprint density at radius 1 is 1.00 bits per heavy atom. The van der Waals surface area contributed by atoms with E-state index >= 15 is 0 Å². The minimum atomic E-state index is -0.753. The average molecular weight is 255 g/mol. The third-order valence-electron chi connectivity index (χ3n) is 3.11. The normalized spacial score (nSPS) is 10.3. The summed E-state index contributed by atoms with van der Waals surface area (Å²) >= 11 is 0. The molecule has 0 radical (unpaired) electrons. The molecule has 0 bridgehead atoms. The monoisotopic (exact) mass is 255 g/mol. The van der Waals surface area contributed by atoms with Gasteiger partial charge in [-0.2, -0.15) is 0 Å². The summed E-state index contributed by atoms with van der Waals surface area (Å²) in [6.45, 7) is 0. The van der Waals surface area contributed by atoms with Gasteiger partial charge < -0.3 is 10.8 Å². The molecule has 0 aliphatic carbocycles. The van der Waals surface area contributed by atoms with Gasteiger partial charge in [0.1, 0.15) is 0 Å². The van der Waals surface area contributed by atoms with Crippen LogP contribution in [0.4, 0.5) is 5.69 Å². The Kier molecular flexibility index (Phi) is 4.18. The first-order valence-electron chi connectivity index (χ1n) is 6.33. The number of carboxylic acid groups (broad SMARTS) is 1. The second-order valence-corrected chi connectivity index (χ2v) is 4.49. The molecule has 2 aromatic rings. The molecule has 19 heavy (non-hydrogen) atoms. The second-order valence-electron chi connectivity index (χ2n) is 4.49. The largest absolute Gasteiger partial charge is 0.481 e. The van der Waals surface area contributed by atoms with Crippen molar-refractivity contribution < 1.29 is 9.90 Å². The van der Waals surface area contributed by atoms with Crippen molar-refractivity contribution in [1.29, 1.82) is 0 Å². The first-order chi connectivity index (χ1) is 9.18. The lowest BCUT2D eigenvalue weighted by Gasteiger charge is -2.11. The summed E-state index contributed by atoms with van der Waals surface area (Å²) in [5.74, 6) is -0.753. The molecule has 98 valence electrons. The number of nitrogen functional groups attached to an aromatic ring is 1. The molecular weight excluding hydrogens is 238 g/mol. The van der Waals surface area contributed by atoms with E-state index in [-0.39, 0.29) is 6.42 Å². The fourth-order valence-corrected chi connectivity index (χ4v) is 2.17. The van der Waals surface area contributed by atoms with Gasteiger partial charge in [-0.15, -0.1) is 0 Å².